The third-order valence-corrected chi connectivity index (χ3v) is 4.75. The Labute approximate surface area is 150 Å². The molecule has 1 heterocycles. The topological polar surface area (TPSA) is 73.5 Å². The third-order valence-electron chi connectivity index (χ3n) is 4.75. The summed E-state index contributed by atoms with van der Waals surface area (Å²) in [4.78, 5) is 27.3. The van der Waals surface area contributed by atoms with E-state index in [9.17, 15) is 9.59 Å². The number of amides is 2. The van der Waals surface area contributed by atoms with Crippen molar-refractivity contribution < 1.29 is 9.59 Å². The van der Waals surface area contributed by atoms with Crippen molar-refractivity contribution in [3.05, 3.63) is 35.9 Å². The lowest BCUT2D eigenvalue weighted by Gasteiger charge is -2.28. The van der Waals surface area contributed by atoms with Gasteiger partial charge in [0.1, 0.15) is 6.04 Å². The maximum atomic E-state index is 12.6. The number of piperazine rings is 1. The summed E-state index contributed by atoms with van der Waals surface area (Å²) in [6.45, 7) is 9.48. The Morgan fingerprint density at radius 1 is 1.20 bits per heavy atom. The SMILES string of the molecule is CCC(C)C(NC(=O)c1ccccc1)C(=O)NCCN1CCNCC1. The van der Waals surface area contributed by atoms with Gasteiger partial charge in [0.25, 0.3) is 5.91 Å². The molecule has 0 bridgehead atoms. The van der Waals surface area contributed by atoms with Crippen molar-refractivity contribution in [1.82, 2.24) is 20.9 Å². The maximum absolute atomic E-state index is 12.6. The largest absolute Gasteiger partial charge is 0.353 e. The minimum Gasteiger partial charge on any atom is -0.353 e. The zero-order valence-electron chi connectivity index (χ0n) is 15.3. The molecule has 0 saturated carbocycles. The molecule has 138 valence electrons. The fraction of sp³-hybridized carbons (Fsp3) is 0.579. The Morgan fingerprint density at radius 3 is 2.52 bits per heavy atom. The number of rotatable bonds is 8. The van der Waals surface area contributed by atoms with Gasteiger partial charge in [0.15, 0.2) is 0 Å². The first-order valence-corrected chi connectivity index (χ1v) is 9.18. The molecule has 3 N–H and O–H groups in total. The lowest BCUT2D eigenvalue weighted by Crippen LogP contribution is -2.52. The van der Waals surface area contributed by atoms with Crippen LogP contribution in [-0.2, 0) is 4.79 Å². The molecular formula is C19H30N4O2. The first-order valence-electron chi connectivity index (χ1n) is 9.18. The number of nitrogens with zero attached hydrogens (tertiary/aromatic N) is 1. The van der Waals surface area contributed by atoms with Crippen LogP contribution in [0.1, 0.15) is 30.6 Å². The summed E-state index contributed by atoms with van der Waals surface area (Å²) in [6, 6.07) is 8.50. The second-order valence-electron chi connectivity index (χ2n) is 6.59. The van der Waals surface area contributed by atoms with Crippen molar-refractivity contribution in [3.8, 4) is 0 Å². The molecule has 0 aliphatic carbocycles. The molecule has 0 spiro atoms. The molecule has 6 heteroatoms. The van der Waals surface area contributed by atoms with Gasteiger partial charge in [-0.15, -0.1) is 0 Å². The van der Waals surface area contributed by atoms with Crippen molar-refractivity contribution >= 4 is 11.8 Å². The maximum Gasteiger partial charge on any atom is 0.251 e. The zero-order chi connectivity index (χ0) is 18.1. The summed E-state index contributed by atoms with van der Waals surface area (Å²) in [5, 5.41) is 9.20. The van der Waals surface area contributed by atoms with Crippen LogP contribution in [0.25, 0.3) is 0 Å². The van der Waals surface area contributed by atoms with Crippen LogP contribution in [-0.4, -0.2) is 62.0 Å². The van der Waals surface area contributed by atoms with Gasteiger partial charge in [-0.1, -0.05) is 38.5 Å². The van der Waals surface area contributed by atoms with Gasteiger partial charge in [0.2, 0.25) is 5.91 Å². The summed E-state index contributed by atoms with van der Waals surface area (Å²) in [7, 11) is 0. The average molecular weight is 346 g/mol. The molecule has 0 radical (unpaired) electrons. The van der Waals surface area contributed by atoms with Crippen LogP contribution in [0.2, 0.25) is 0 Å². The highest BCUT2D eigenvalue weighted by Gasteiger charge is 2.26. The molecule has 1 aromatic carbocycles. The van der Waals surface area contributed by atoms with Crippen LogP contribution < -0.4 is 16.0 Å². The number of hydrogen-bond acceptors (Lipinski definition) is 4. The smallest absolute Gasteiger partial charge is 0.251 e. The highest BCUT2D eigenvalue weighted by atomic mass is 16.2. The summed E-state index contributed by atoms with van der Waals surface area (Å²) in [6.07, 6.45) is 0.824. The number of carbonyl (C=O) groups is 2. The second kappa shape index (κ2) is 10.2. The van der Waals surface area contributed by atoms with Crippen molar-refractivity contribution in [2.45, 2.75) is 26.3 Å². The summed E-state index contributed by atoms with van der Waals surface area (Å²) >= 11 is 0. The van der Waals surface area contributed by atoms with Gasteiger partial charge in [-0.3, -0.25) is 14.5 Å². The highest BCUT2D eigenvalue weighted by molar-refractivity contribution is 5.97. The third kappa shape index (κ3) is 6.14. The predicted molar refractivity (Wildman–Crippen MR) is 99.5 cm³/mol. The number of nitrogens with one attached hydrogen (secondary N) is 3. The molecular weight excluding hydrogens is 316 g/mol. The fourth-order valence-corrected chi connectivity index (χ4v) is 2.90. The molecule has 1 aromatic rings. The van der Waals surface area contributed by atoms with Crippen LogP contribution in [0.15, 0.2) is 30.3 Å². The first-order chi connectivity index (χ1) is 12.1. The van der Waals surface area contributed by atoms with Gasteiger partial charge in [-0.05, 0) is 18.1 Å². The van der Waals surface area contributed by atoms with Gasteiger partial charge < -0.3 is 16.0 Å². The van der Waals surface area contributed by atoms with Crippen molar-refractivity contribution in [2.75, 3.05) is 39.3 Å². The lowest BCUT2D eigenvalue weighted by atomic mass is 9.98. The normalized spacial score (nSPS) is 17.5. The van der Waals surface area contributed by atoms with Crippen LogP contribution in [0.4, 0.5) is 0 Å². The summed E-state index contributed by atoms with van der Waals surface area (Å²) < 4.78 is 0. The molecule has 6 nitrogen and oxygen atoms in total. The van der Waals surface area contributed by atoms with Gasteiger partial charge in [-0.2, -0.15) is 0 Å². The Kier molecular flexibility index (Phi) is 7.88. The highest BCUT2D eigenvalue weighted by Crippen LogP contribution is 2.09. The molecule has 2 rings (SSSR count). The number of hydrogen-bond donors (Lipinski definition) is 3. The Balaban J connectivity index is 1.87. The Morgan fingerprint density at radius 2 is 1.88 bits per heavy atom. The monoisotopic (exact) mass is 346 g/mol. The van der Waals surface area contributed by atoms with E-state index in [1.54, 1.807) is 12.1 Å². The molecule has 1 aliphatic rings. The zero-order valence-corrected chi connectivity index (χ0v) is 15.3. The quantitative estimate of drug-likeness (QED) is 0.653. The molecule has 0 aromatic heterocycles. The van der Waals surface area contributed by atoms with E-state index in [2.05, 4.69) is 20.9 Å². The lowest BCUT2D eigenvalue weighted by molar-refractivity contribution is -0.124. The van der Waals surface area contributed by atoms with E-state index in [1.165, 1.54) is 0 Å². The van der Waals surface area contributed by atoms with E-state index in [4.69, 9.17) is 0 Å². The van der Waals surface area contributed by atoms with Gasteiger partial charge in [0.05, 0.1) is 0 Å². The molecule has 2 amide bonds. The van der Waals surface area contributed by atoms with Gasteiger partial charge >= 0.3 is 0 Å². The standard InChI is InChI=1S/C19H30N4O2/c1-3-15(2)17(22-18(24)16-7-5-4-6-8-16)19(25)21-11-14-23-12-9-20-10-13-23/h4-8,15,17,20H,3,9-14H2,1-2H3,(H,21,25)(H,22,24). The molecule has 25 heavy (non-hydrogen) atoms. The predicted octanol–water partition coefficient (Wildman–Crippen LogP) is 0.853. The number of benzene rings is 1. The summed E-state index contributed by atoms with van der Waals surface area (Å²) in [5.41, 5.74) is 0.574. The van der Waals surface area contributed by atoms with E-state index in [-0.39, 0.29) is 17.7 Å². The van der Waals surface area contributed by atoms with E-state index in [0.29, 0.717) is 12.1 Å². The van der Waals surface area contributed by atoms with E-state index in [0.717, 1.165) is 39.1 Å². The van der Waals surface area contributed by atoms with E-state index in [1.807, 2.05) is 32.0 Å². The molecule has 1 saturated heterocycles. The molecule has 2 unspecified atom stereocenters. The number of carbonyl (C=O) groups excluding carboxylic acids is 2. The van der Waals surface area contributed by atoms with Crippen LogP contribution in [0.5, 0.6) is 0 Å². The van der Waals surface area contributed by atoms with E-state index < -0.39 is 6.04 Å². The van der Waals surface area contributed by atoms with Crippen molar-refractivity contribution in [2.24, 2.45) is 5.92 Å². The van der Waals surface area contributed by atoms with Gasteiger partial charge in [-0.25, -0.2) is 0 Å². The molecule has 1 aliphatic heterocycles. The summed E-state index contributed by atoms with van der Waals surface area (Å²) in [5.74, 6) is -0.233. The second-order valence-corrected chi connectivity index (χ2v) is 6.59. The van der Waals surface area contributed by atoms with Crippen LogP contribution in [0, 0.1) is 5.92 Å². The van der Waals surface area contributed by atoms with Gasteiger partial charge in [0, 0.05) is 44.8 Å². The van der Waals surface area contributed by atoms with Crippen molar-refractivity contribution in [3.63, 3.8) is 0 Å². The molecule has 1 fully saturated rings. The molecule has 2 atom stereocenters. The minimum atomic E-state index is -0.513. The van der Waals surface area contributed by atoms with Crippen LogP contribution >= 0.6 is 0 Å². The average Bonchev–Trinajstić information content (AvgIpc) is 2.66. The minimum absolute atomic E-state index is 0.0758. The van der Waals surface area contributed by atoms with Crippen LogP contribution in [0.3, 0.4) is 0 Å². The Hall–Kier alpha value is -1.92. The Bertz CT molecular complexity index is 544. The van der Waals surface area contributed by atoms with E-state index >= 15 is 0 Å². The first kappa shape index (κ1) is 19.4. The fourth-order valence-electron chi connectivity index (χ4n) is 2.90. The van der Waals surface area contributed by atoms with Crippen molar-refractivity contribution in [1.29, 1.82) is 0 Å².